The number of hydrogen-bond acceptors (Lipinski definition) is 3. The molecule has 2 rings (SSSR count). The fourth-order valence-electron chi connectivity index (χ4n) is 1.73. The maximum atomic E-state index is 13.1. The van der Waals surface area contributed by atoms with Crippen molar-refractivity contribution in [3.05, 3.63) is 65.5 Å². The number of carbonyl (C=O) groups is 2. The fourth-order valence-corrected chi connectivity index (χ4v) is 1.73. The third-order valence-corrected chi connectivity index (χ3v) is 2.66. The Morgan fingerprint density at radius 3 is 2.40 bits per heavy atom. The molecule has 0 saturated carbocycles. The average Bonchev–Trinajstić information content (AvgIpc) is 2.46. The second-order valence-electron chi connectivity index (χ2n) is 4.00. The van der Waals surface area contributed by atoms with E-state index in [4.69, 9.17) is 0 Å². The zero-order valence-electron chi connectivity index (χ0n) is 10.7. The highest BCUT2D eigenvalue weighted by molar-refractivity contribution is 6.10. The first-order valence-corrected chi connectivity index (χ1v) is 5.86. The van der Waals surface area contributed by atoms with Crippen molar-refractivity contribution in [3.63, 3.8) is 0 Å². The van der Waals surface area contributed by atoms with Crippen LogP contribution in [0.25, 0.3) is 0 Å². The Morgan fingerprint density at radius 1 is 1.05 bits per heavy atom. The Labute approximate surface area is 115 Å². The molecule has 0 radical (unpaired) electrons. The van der Waals surface area contributed by atoms with Gasteiger partial charge >= 0.3 is 5.97 Å². The molecule has 0 aromatic heterocycles. The van der Waals surface area contributed by atoms with Crippen molar-refractivity contribution in [2.45, 2.75) is 0 Å². The zero-order valence-corrected chi connectivity index (χ0v) is 10.7. The molecule has 0 unspecified atom stereocenters. The van der Waals surface area contributed by atoms with Crippen LogP contribution in [0.2, 0.25) is 0 Å². The summed E-state index contributed by atoms with van der Waals surface area (Å²) in [7, 11) is 1.24. The number of amides is 1. The van der Waals surface area contributed by atoms with E-state index in [1.807, 2.05) is 0 Å². The molecule has 1 N–H and O–H groups in total. The lowest BCUT2D eigenvalue weighted by molar-refractivity contribution is 0.0597. The molecule has 5 heteroatoms. The van der Waals surface area contributed by atoms with Gasteiger partial charge in [-0.2, -0.15) is 0 Å². The van der Waals surface area contributed by atoms with E-state index in [1.165, 1.54) is 37.4 Å². The van der Waals surface area contributed by atoms with Gasteiger partial charge in [-0.1, -0.05) is 18.2 Å². The topological polar surface area (TPSA) is 55.4 Å². The smallest absolute Gasteiger partial charge is 0.338 e. The highest BCUT2D eigenvalue weighted by atomic mass is 19.1. The number of carbonyl (C=O) groups excluding carboxylic acids is 2. The van der Waals surface area contributed by atoms with Crippen LogP contribution in [0.4, 0.5) is 10.1 Å². The summed E-state index contributed by atoms with van der Waals surface area (Å²) in [5.74, 6) is -1.56. The van der Waals surface area contributed by atoms with Gasteiger partial charge in [0.25, 0.3) is 5.91 Å². The van der Waals surface area contributed by atoms with Crippen molar-refractivity contribution in [2.75, 3.05) is 12.4 Å². The average molecular weight is 273 g/mol. The number of hydrogen-bond donors (Lipinski definition) is 1. The first-order chi connectivity index (χ1) is 9.61. The molecule has 4 nitrogen and oxygen atoms in total. The van der Waals surface area contributed by atoms with Gasteiger partial charge in [0.2, 0.25) is 0 Å². The van der Waals surface area contributed by atoms with Crippen LogP contribution in [0.5, 0.6) is 0 Å². The molecule has 20 heavy (non-hydrogen) atoms. The molecule has 2 aromatic rings. The molecule has 102 valence electrons. The monoisotopic (exact) mass is 273 g/mol. The van der Waals surface area contributed by atoms with Gasteiger partial charge in [-0.05, 0) is 30.3 Å². The maximum absolute atomic E-state index is 13.1. The summed E-state index contributed by atoms with van der Waals surface area (Å²) >= 11 is 0. The van der Waals surface area contributed by atoms with Crippen molar-refractivity contribution in [3.8, 4) is 0 Å². The zero-order chi connectivity index (χ0) is 14.5. The van der Waals surface area contributed by atoms with Crippen molar-refractivity contribution in [1.82, 2.24) is 0 Å². The third kappa shape index (κ3) is 3.00. The van der Waals surface area contributed by atoms with E-state index < -0.39 is 17.7 Å². The van der Waals surface area contributed by atoms with Crippen LogP contribution >= 0.6 is 0 Å². The molecule has 0 aliphatic carbocycles. The van der Waals surface area contributed by atoms with Crippen molar-refractivity contribution < 1.29 is 18.7 Å². The Kier molecular flexibility index (Phi) is 4.10. The number of esters is 1. The Bertz CT molecular complexity index is 655. The second-order valence-corrected chi connectivity index (χ2v) is 4.00. The molecule has 0 atom stereocenters. The number of benzene rings is 2. The van der Waals surface area contributed by atoms with Gasteiger partial charge in [-0.15, -0.1) is 0 Å². The number of methoxy groups -OCH3 is 1. The van der Waals surface area contributed by atoms with E-state index in [2.05, 4.69) is 10.1 Å². The van der Waals surface area contributed by atoms with E-state index in [9.17, 15) is 14.0 Å². The summed E-state index contributed by atoms with van der Waals surface area (Å²) in [6, 6.07) is 11.8. The van der Waals surface area contributed by atoms with Crippen LogP contribution < -0.4 is 5.32 Å². The fraction of sp³-hybridized carbons (Fsp3) is 0.0667. The molecular formula is C15H12FNO3. The molecule has 1 amide bonds. The van der Waals surface area contributed by atoms with Crippen LogP contribution in [-0.2, 0) is 4.74 Å². The highest BCUT2D eigenvalue weighted by Gasteiger charge is 2.17. The number of nitrogens with one attached hydrogen (secondary N) is 1. The molecule has 0 spiro atoms. The van der Waals surface area contributed by atoms with Gasteiger partial charge in [0.05, 0.1) is 18.2 Å². The van der Waals surface area contributed by atoms with E-state index >= 15 is 0 Å². The summed E-state index contributed by atoms with van der Waals surface area (Å²) in [4.78, 5) is 23.7. The van der Waals surface area contributed by atoms with E-state index in [-0.39, 0.29) is 11.1 Å². The van der Waals surface area contributed by atoms with Gasteiger partial charge in [-0.25, -0.2) is 9.18 Å². The van der Waals surface area contributed by atoms with Crippen molar-refractivity contribution in [1.29, 1.82) is 0 Å². The number of rotatable bonds is 3. The molecular weight excluding hydrogens is 261 g/mol. The largest absolute Gasteiger partial charge is 0.465 e. The molecule has 0 heterocycles. The Hall–Kier alpha value is -2.69. The number of halogens is 1. The van der Waals surface area contributed by atoms with E-state index in [0.717, 1.165) is 0 Å². The Morgan fingerprint density at radius 2 is 1.75 bits per heavy atom. The summed E-state index contributed by atoms with van der Waals surface area (Å²) in [6.07, 6.45) is 0. The standard InChI is InChI=1S/C15H12FNO3/c1-20-15(19)13-8-3-2-7-12(13)14(18)17-11-6-4-5-10(16)9-11/h2-9H,1H3,(H,17,18). The first-order valence-electron chi connectivity index (χ1n) is 5.86. The molecule has 0 aliphatic heterocycles. The number of ether oxygens (including phenoxy) is 1. The summed E-state index contributed by atoms with van der Waals surface area (Å²) in [5.41, 5.74) is 0.641. The van der Waals surface area contributed by atoms with Crippen molar-refractivity contribution >= 4 is 17.6 Å². The predicted octanol–water partition coefficient (Wildman–Crippen LogP) is 2.86. The van der Waals surface area contributed by atoms with Gasteiger partial charge in [0.1, 0.15) is 5.82 Å². The highest BCUT2D eigenvalue weighted by Crippen LogP contribution is 2.14. The van der Waals surface area contributed by atoms with E-state index in [0.29, 0.717) is 5.69 Å². The summed E-state index contributed by atoms with van der Waals surface area (Å²) in [6.45, 7) is 0. The van der Waals surface area contributed by atoms with Crippen molar-refractivity contribution in [2.24, 2.45) is 0 Å². The van der Waals surface area contributed by atoms with Crippen LogP contribution in [0.3, 0.4) is 0 Å². The molecule has 0 bridgehead atoms. The summed E-state index contributed by atoms with van der Waals surface area (Å²) in [5, 5.41) is 2.53. The molecule has 0 fully saturated rings. The summed E-state index contributed by atoms with van der Waals surface area (Å²) < 4.78 is 17.7. The van der Waals surface area contributed by atoms with Gasteiger partial charge in [0.15, 0.2) is 0 Å². The third-order valence-electron chi connectivity index (χ3n) is 2.66. The van der Waals surface area contributed by atoms with Gasteiger partial charge in [-0.3, -0.25) is 4.79 Å². The maximum Gasteiger partial charge on any atom is 0.338 e. The molecule has 2 aromatic carbocycles. The molecule has 0 saturated heterocycles. The lowest BCUT2D eigenvalue weighted by Gasteiger charge is -2.08. The molecule has 0 aliphatic rings. The SMILES string of the molecule is COC(=O)c1ccccc1C(=O)Nc1cccc(F)c1. The first kappa shape index (κ1) is 13.7. The predicted molar refractivity (Wildman–Crippen MR) is 72.1 cm³/mol. The normalized spacial score (nSPS) is 9.90. The lowest BCUT2D eigenvalue weighted by Crippen LogP contribution is -2.17. The van der Waals surface area contributed by atoms with Crippen LogP contribution in [0.15, 0.2) is 48.5 Å². The van der Waals surface area contributed by atoms with Crippen LogP contribution in [0.1, 0.15) is 20.7 Å². The number of anilines is 1. The Balaban J connectivity index is 2.28. The van der Waals surface area contributed by atoms with Crippen LogP contribution in [0, 0.1) is 5.82 Å². The van der Waals surface area contributed by atoms with Crippen LogP contribution in [-0.4, -0.2) is 19.0 Å². The minimum absolute atomic E-state index is 0.156. The van der Waals surface area contributed by atoms with Gasteiger partial charge in [0, 0.05) is 5.69 Å². The van der Waals surface area contributed by atoms with Gasteiger partial charge < -0.3 is 10.1 Å². The van der Waals surface area contributed by atoms with E-state index in [1.54, 1.807) is 18.2 Å². The quantitative estimate of drug-likeness (QED) is 0.875. The minimum atomic E-state index is -0.602. The minimum Gasteiger partial charge on any atom is -0.465 e. The second kappa shape index (κ2) is 5.97. The lowest BCUT2D eigenvalue weighted by atomic mass is 10.1.